The molecule has 2 rings (SSSR count). The Morgan fingerprint density at radius 3 is 3.15 bits per heavy atom. The Bertz CT molecular complexity index is 235. The van der Waals surface area contributed by atoms with Crippen molar-refractivity contribution >= 4 is 5.91 Å². The molecule has 0 aromatic heterocycles. The van der Waals surface area contributed by atoms with Gasteiger partial charge in [-0.3, -0.25) is 4.79 Å². The molecule has 2 heterocycles. The van der Waals surface area contributed by atoms with E-state index in [4.69, 9.17) is 4.74 Å². The van der Waals surface area contributed by atoms with E-state index in [9.17, 15) is 4.79 Å². The molecule has 1 unspecified atom stereocenters. The van der Waals surface area contributed by atoms with Crippen LogP contribution >= 0.6 is 0 Å². The van der Waals surface area contributed by atoms with Crippen molar-refractivity contribution in [3.8, 4) is 0 Å². The van der Waals surface area contributed by atoms with Gasteiger partial charge < -0.3 is 10.1 Å². The van der Waals surface area contributed by atoms with Crippen LogP contribution in [0.4, 0.5) is 0 Å². The number of ether oxygens (including phenoxy) is 1. The number of carbonyl (C=O) groups is 1. The summed E-state index contributed by atoms with van der Waals surface area (Å²) in [6.45, 7) is 2.40. The van der Waals surface area contributed by atoms with Crippen LogP contribution in [0.5, 0.6) is 0 Å². The summed E-state index contributed by atoms with van der Waals surface area (Å²) in [5, 5.41) is 2.86. The van der Waals surface area contributed by atoms with E-state index < -0.39 is 0 Å². The predicted octanol–water partition coefficient (Wildman–Crippen LogP) is 0.859. The molecule has 2 aliphatic heterocycles. The number of carbonyl (C=O) groups excluding carboxylic acids is 1. The van der Waals surface area contributed by atoms with Gasteiger partial charge >= 0.3 is 0 Å². The van der Waals surface area contributed by atoms with E-state index in [1.807, 2.05) is 0 Å². The molecule has 0 aromatic carbocycles. The molecule has 1 amide bonds. The second-order valence-corrected chi connectivity index (χ2v) is 3.67. The molecular formula is C10H15NO2. The molecule has 1 N–H and O–H groups in total. The van der Waals surface area contributed by atoms with Crippen LogP contribution in [0.2, 0.25) is 0 Å². The van der Waals surface area contributed by atoms with Crippen molar-refractivity contribution < 1.29 is 9.53 Å². The first-order chi connectivity index (χ1) is 6.36. The molecule has 2 aliphatic rings. The molecule has 1 fully saturated rings. The summed E-state index contributed by atoms with van der Waals surface area (Å²) in [6, 6.07) is 0. The third-order valence-corrected chi connectivity index (χ3v) is 2.73. The quantitative estimate of drug-likeness (QED) is 0.642. The van der Waals surface area contributed by atoms with E-state index >= 15 is 0 Å². The summed E-state index contributed by atoms with van der Waals surface area (Å²) in [5.41, 5.74) is 1.40. The summed E-state index contributed by atoms with van der Waals surface area (Å²) in [6.07, 6.45) is 5.06. The fourth-order valence-corrected chi connectivity index (χ4v) is 1.91. The Balaban J connectivity index is 1.89. The Morgan fingerprint density at radius 1 is 1.62 bits per heavy atom. The number of nitrogens with one attached hydrogen (secondary N) is 1. The van der Waals surface area contributed by atoms with E-state index in [0.29, 0.717) is 0 Å². The van der Waals surface area contributed by atoms with Crippen LogP contribution in [0.25, 0.3) is 0 Å². The molecule has 3 nitrogen and oxygen atoms in total. The lowest BCUT2D eigenvalue weighted by molar-refractivity contribution is -0.122. The second-order valence-electron chi connectivity index (χ2n) is 3.67. The zero-order chi connectivity index (χ0) is 9.10. The van der Waals surface area contributed by atoms with Crippen LogP contribution in [-0.2, 0) is 9.53 Å². The van der Waals surface area contributed by atoms with Crippen molar-refractivity contribution in [2.24, 2.45) is 5.92 Å². The molecule has 1 saturated heterocycles. The van der Waals surface area contributed by atoms with Gasteiger partial charge in [0.15, 0.2) is 0 Å². The minimum atomic E-state index is 0.226. The van der Waals surface area contributed by atoms with Crippen molar-refractivity contribution in [2.75, 3.05) is 19.8 Å². The maximum Gasteiger partial charge on any atom is 0.223 e. The lowest BCUT2D eigenvalue weighted by atomic mass is 9.95. The first-order valence-corrected chi connectivity index (χ1v) is 4.89. The molecule has 3 heteroatoms. The molecule has 0 spiro atoms. The largest absolute Gasteiger partial charge is 0.377 e. The van der Waals surface area contributed by atoms with Gasteiger partial charge in [-0.25, -0.2) is 0 Å². The van der Waals surface area contributed by atoms with Crippen molar-refractivity contribution in [2.45, 2.75) is 19.3 Å². The fraction of sp³-hybridized carbons (Fsp3) is 0.700. The number of rotatable bonds is 2. The van der Waals surface area contributed by atoms with Gasteiger partial charge in [0.2, 0.25) is 5.91 Å². The molecule has 0 bridgehead atoms. The third kappa shape index (κ3) is 2.10. The Hall–Kier alpha value is -0.830. The molecule has 0 aromatic rings. The van der Waals surface area contributed by atoms with Crippen molar-refractivity contribution in [3.05, 3.63) is 11.6 Å². The molecule has 1 atom stereocenters. The van der Waals surface area contributed by atoms with E-state index in [-0.39, 0.29) is 11.8 Å². The highest BCUT2D eigenvalue weighted by Crippen LogP contribution is 2.22. The molecule has 0 radical (unpaired) electrons. The number of hydrogen-bond donors (Lipinski definition) is 1. The van der Waals surface area contributed by atoms with Crippen LogP contribution in [0.1, 0.15) is 19.3 Å². The zero-order valence-electron chi connectivity index (χ0n) is 7.71. The van der Waals surface area contributed by atoms with Gasteiger partial charge in [0.25, 0.3) is 0 Å². The smallest absolute Gasteiger partial charge is 0.223 e. The van der Waals surface area contributed by atoms with Gasteiger partial charge in [0.05, 0.1) is 13.2 Å². The minimum absolute atomic E-state index is 0.226. The number of amides is 1. The van der Waals surface area contributed by atoms with Crippen molar-refractivity contribution in [1.82, 2.24) is 5.32 Å². The van der Waals surface area contributed by atoms with Gasteiger partial charge in [0.1, 0.15) is 0 Å². The van der Waals surface area contributed by atoms with Gasteiger partial charge in [-0.1, -0.05) is 11.6 Å². The number of hydrogen-bond acceptors (Lipinski definition) is 2. The maximum atomic E-state index is 11.3. The SMILES string of the molecule is O=C1NCCC1CC1=CCOCC1. The van der Waals surface area contributed by atoms with Crippen LogP contribution in [0.15, 0.2) is 11.6 Å². The van der Waals surface area contributed by atoms with E-state index in [2.05, 4.69) is 11.4 Å². The summed E-state index contributed by atoms with van der Waals surface area (Å²) < 4.78 is 5.21. The standard InChI is InChI=1S/C10H15NO2/c12-10-9(1-4-11-10)7-8-2-5-13-6-3-8/h2,9H,1,3-7H2,(H,11,12). The van der Waals surface area contributed by atoms with Gasteiger partial charge in [0, 0.05) is 12.5 Å². The topological polar surface area (TPSA) is 38.3 Å². The van der Waals surface area contributed by atoms with E-state index in [0.717, 1.165) is 39.0 Å². The Morgan fingerprint density at radius 2 is 2.54 bits per heavy atom. The van der Waals surface area contributed by atoms with Gasteiger partial charge in [-0.15, -0.1) is 0 Å². The van der Waals surface area contributed by atoms with Crippen LogP contribution in [0.3, 0.4) is 0 Å². The predicted molar refractivity (Wildman–Crippen MR) is 49.3 cm³/mol. The molecule has 0 saturated carbocycles. The lowest BCUT2D eigenvalue weighted by Gasteiger charge is -2.15. The van der Waals surface area contributed by atoms with Gasteiger partial charge in [-0.2, -0.15) is 0 Å². The highest BCUT2D eigenvalue weighted by Gasteiger charge is 2.24. The van der Waals surface area contributed by atoms with Crippen molar-refractivity contribution in [1.29, 1.82) is 0 Å². The molecule has 72 valence electrons. The van der Waals surface area contributed by atoms with Gasteiger partial charge in [-0.05, 0) is 19.3 Å². The Kier molecular flexibility index (Phi) is 2.64. The van der Waals surface area contributed by atoms with E-state index in [1.165, 1.54) is 5.57 Å². The van der Waals surface area contributed by atoms with Crippen LogP contribution in [-0.4, -0.2) is 25.7 Å². The maximum absolute atomic E-state index is 11.3. The summed E-state index contributed by atoms with van der Waals surface area (Å²) in [7, 11) is 0. The normalized spacial score (nSPS) is 28.5. The first-order valence-electron chi connectivity index (χ1n) is 4.89. The summed E-state index contributed by atoms with van der Waals surface area (Å²) in [4.78, 5) is 11.3. The average Bonchev–Trinajstić information content (AvgIpc) is 2.54. The first kappa shape index (κ1) is 8.75. The second kappa shape index (κ2) is 3.92. The monoisotopic (exact) mass is 181 g/mol. The molecule has 13 heavy (non-hydrogen) atoms. The average molecular weight is 181 g/mol. The zero-order valence-corrected chi connectivity index (χ0v) is 7.71. The summed E-state index contributed by atoms with van der Waals surface area (Å²) >= 11 is 0. The van der Waals surface area contributed by atoms with Crippen molar-refractivity contribution in [3.63, 3.8) is 0 Å². The highest BCUT2D eigenvalue weighted by molar-refractivity contribution is 5.80. The highest BCUT2D eigenvalue weighted by atomic mass is 16.5. The molecule has 0 aliphatic carbocycles. The summed E-state index contributed by atoms with van der Waals surface area (Å²) in [5.74, 6) is 0.455. The third-order valence-electron chi connectivity index (χ3n) is 2.73. The molecular weight excluding hydrogens is 166 g/mol. The van der Waals surface area contributed by atoms with Crippen LogP contribution in [0, 0.1) is 5.92 Å². The Labute approximate surface area is 78.1 Å². The lowest BCUT2D eigenvalue weighted by Crippen LogP contribution is -2.20. The fourth-order valence-electron chi connectivity index (χ4n) is 1.91. The van der Waals surface area contributed by atoms with E-state index in [1.54, 1.807) is 0 Å². The van der Waals surface area contributed by atoms with Crippen LogP contribution < -0.4 is 5.32 Å². The minimum Gasteiger partial charge on any atom is -0.377 e.